The Kier molecular flexibility index (Phi) is 6.52. The highest BCUT2D eigenvalue weighted by Gasteiger charge is 2.19. The number of carbonyl (C=O) groups is 1. The van der Waals surface area contributed by atoms with Crippen molar-refractivity contribution in [1.82, 2.24) is 0 Å². The molecule has 2 rings (SSSR count). The monoisotopic (exact) mass is 343 g/mol. The quantitative estimate of drug-likeness (QED) is 0.430. The normalized spacial score (nSPS) is 15.9. The molecule has 1 aromatic carbocycles. The molecule has 0 bridgehead atoms. The summed E-state index contributed by atoms with van der Waals surface area (Å²) in [7, 11) is 1.47. The highest BCUT2D eigenvalue weighted by Crippen LogP contribution is 2.24. The van der Waals surface area contributed by atoms with Crippen molar-refractivity contribution in [2.75, 3.05) is 7.11 Å². The van der Waals surface area contributed by atoms with Gasteiger partial charge in [0.25, 0.3) is 0 Å². The van der Waals surface area contributed by atoms with Gasteiger partial charge >= 0.3 is 5.97 Å². The molecule has 0 atom stereocenters. The van der Waals surface area contributed by atoms with Gasteiger partial charge in [-0.05, 0) is 37.8 Å². The fourth-order valence-corrected chi connectivity index (χ4v) is 2.80. The number of halogens is 2. The van der Waals surface area contributed by atoms with Crippen LogP contribution in [-0.2, 0) is 14.4 Å². The van der Waals surface area contributed by atoms with Crippen LogP contribution in [0.3, 0.4) is 0 Å². The Morgan fingerprint density at radius 2 is 1.95 bits per heavy atom. The van der Waals surface area contributed by atoms with Crippen LogP contribution in [-0.4, -0.2) is 24.9 Å². The zero-order valence-corrected chi connectivity index (χ0v) is 14.0. The lowest BCUT2D eigenvalue weighted by atomic mass is 10.1. The summed E-state index contributed by atoms with van der Waals surface area (Å²) in [6.45, 7) is 0. The van der Waals surface area contributed by atoms with Crippen molar-refractivity contribution in [3.8, 4) is 0 Å². The third-order valence-electron chi connectivity index (χ3n) is 3.62. The molecule has 1 aromatic rings. The molecule has 1 aliphatic rings. The molecular formula is C16H19Cl2NO3. The first-order chi connectivity index (χ1) is 10.6. The summed E-state index contributed by atoms with van der Waals surface area (Å²) in [5.74, 6) is -0.198. The molecule has 1 saturated carbocycles. The zero-order valence-electron chi connectivity index (χ0n) is 12.5. The predicted octanol–water partition coefficient (Wildman–Crippen LogP) is 4.61. The van der Waals surface area contributed by atoms with Gasteiger partial charge in [0.05, 0.1) is 22.2 Å². The molecule has 22 heavy (non-hydrogen) atoms. The van der Waals surface area contributed by atoms with Gasteiger partial charge < -0.3 is 9.57 Å². The number of oxime groups is 1. The van der Waals surface area contributed by atoms with E-state index in [0.717, 1.165) is 31.2 Å². The van der Waals surface area contributed by atoms with Crippen molar-refractivity contribution in [2.45, 2.75) is 44.6 Å². The second-order valence-corrected chi connectivity index (χ2v) is 6.06. The number of hydrogen-bond acceptors (Lipinski definition) is 4. The minimum absolute atomic E-state index is 0.0836. The SMILES string of the molecule is CO/N=C(\CCC(=O)OC1CCCC1)c1ccc(Cl)c(Cl)c1. The first-order valence-corrected chi connectivity index (χ1v) is 8.10. The maximum absolute atomic E-state index is 11.9. The maximum atomic E-state index is 11.9. The number of esters is 1. The van der Waals surface area contributed by atoms with Gasteiger partial charge in [0.1, 0.15) is 13.2 Å². The molecule has 0 aromatic heterocycles. The molecule has 1 aliphatic carbocycles. The van der Waals surface area contributed by atoms with E-state index in [2.05, 4.69) is 5.16 Å². The Bertz CT molecular complexity index is 554. The van der Waals surface area contributed by atoms with Crippen LogP contribution in [0.4, 0.5) is 0 Å². The molecule has 0 spiro atoms. The molecule has 4 nitrogen and oxygen atoms in total. The zero-order chi connectivity index (χ0) is 15.9. The second kappa shape index (κ2) is 8.39. The van der Waals surface area contributed by atoms with Crippen molar-refractivity contribution in [2.24, 2.45) is 5.16 Å². The van der Waals surface area contributed by atoms with E-state index >= 15 is 0 Å². The highest BCUT2D eigenvalue weighted by molar-refractivity contribution is 6.42. The molecule has 1 fully saturated rings. The van der Waals surface area contributed by atoms with E-state index in [1.165, 1.54) is 7.11 Å². The second-order valence-electron chi connectivity index (χ2n) is 5.25. The van der Waals surface area contributed by atoms with E-state index in [1.54, 1.807) is 18.2 Å². The van der Waals surface area contributed by atoms with Gasteiger partial charge in [-0.25, -0.2) is 0 Å². The smallest absolute Gasteiger partial charge is 0.306 e. The molecule has 120 valence electrons. The average molecular weight is 344 g/mol. The van der Waals surface area contributed by atoms with Crippen LogP contribution < -0.4 is 0 Å². The lowest BCUT2D eigenvalue weighted by Crippen LogP contribution is -2.16. The number of rotatable bonds is 6. The van der Waals surface area contributed by atoms with Gasteiger partial charge in [-0.3, -0.25) is 4.79 Å². The lowest BCUT2D eigenvalue weighted by Gasteiger charge is -2.12. The van der Waals surface area contributed by atoms with Crippen molar-refractivity contribution >= 4 is 34.9 Å². The van der Waals surface area contributed by atoms with E-state index in [-0.39, 0.29) is 18.5 Å². The molecule has 0 aliphatic heterocycles. The minimum atomic E-state index is -0.198. The van der Waals surface area contributed by atoms with Crippen molar-refractivity contribution < 1.29 is 14.4 Å². The summed E-state index contributed by atoms with van der Waals surface area (Å²) in [5.41, 5.74) is 1.43. The Labute approximate surface area is 140 Å². The molecular weight excluding hydrogens is 325 g/mol. The summed E-state index contributed by atoms with van der Waals surface area (Å²) in [4.78, 5) is 16.7. The molecule has 0 unspecified atom stereocenters. The summed E-state index contributed by atoms with van der Waals surface area (Å²) in [5, 5.41) is 4.89. The van der Waals surface area contributed by atoms with Crippen LogP contribution in [0.15, 0.2) is 23.4 Å². The fourth-order valence-electron chi connectivity index (χ4n) is 2.50. The van der Waals surface area contributed by atoms with E-state index in [9.17, 15) is 4.79 Å². The summed E-state index contributed by atoms with van der Waals surface area (Å²) >= 11 is 11.9. The standard InChI is InChI=1S/C16H19Cl2NO3/c1-21-19-15(11-6-7-13(17)14(18)10-11)8-9-16(20)22-12-4-2-3-5-12/h6-7,10,12H,2-5,8-9H2,1H3/b19-15+. The number of carbonyl (C=O) groups excluding carboxylic acids is 1. The number of ether oxygens (including phenoxy) is 1. The van der Waals surface area contributed by atoms with Crippen molar-refractivity contribution in [1.29, 1.82) is 0 Å². The largest absolute Gasteiger partial charge is 0.462 e. The molecule has 0 radical (unpaired) electrons. The van der Waals surface area contributed by atoms with Gasteiger partial charge in [-0.15, -0.1) is 0 Å². The number of hydrogen-bond donors (Lipinski definition) is 0. The molecule has 0 saturated heterocycles. The Balaban J connectivity index is 1.95. The van der Waals surface area contributed by atoms with E-state index in [0.29, 0.717) is 22.2 Å². The Morgan fingerprint density at radius 1 is 1.23 bits per heavy atom. The molecule has 6 heteroatoms. The van der Waals surface area contributed by atoms with Crippen LogP contribution in [0.25, 0.3) is 0 Å². The molecule has 0 N–H and O–H groups in total. The van der Waals surface area contributed by atoms with Gasteiger partial charge in [0.15, 0.2) is 0 Å². The average Bonchev–Trinajstić information content (AvgIpc) is 2.99. The predicted molar refractivity (Wildman–Crippen MR) is 87.6 cm³/mol. The first-order valence-electron chi connectivity index (χ1n) is 7.35. The van der Waals surface area contributed by atoms with Crippen molar-refractivity contribution in [3.05, 3.63) is 33.8 Å². The number of nitrogens with zero attached hydrogens (tertiary/aromatic N) is 1. The summed E-state index contributed by atoms with van der Waals surface area (Å²) in [6.07, 6.45) is 4.99. The van der Waals surface area contributed by atoms with Crippen LogP contribution in [0.5, 0.6) is 0 Å². The first kappa shape index (κ1) is 17.1. The van der Waals surface area contributed by atoms with Crippen LogP contribution in [0, 0.1) is 0 Å². The van der Waals surface area contributed by atoms with Gasteiger partial charge in [0, 0.05) is 12.0 Å². The fraction of sp³-hybridized carbons (Fsp3) is 0.500. The molecule has 0 amide bonds. The van der Waals surface area contributed by atoms with Crippen LogP contribution in [0.1, 0.15) is 44.1 Å². The third-order valence-corrected chi connectivity index (χ3v) is 4.36. The highest BCUT2D eigenvalue weighted by atomic mass is 35.5. The van der Waals surface area contributed by atoms with E-state index in [1.807, 2.05) is 0 Å². The van der Waals surface area contributed by atoms with Gasteiger partial charge in [0.2, 0.25) is 0 Å². The van der Waals surface area contributed by atoms with E-state index < -0.39 is 0 Å². The van der Waals surface area contributed by atoms with Crippen molar-refractivity contribution in [3.63, 3.8) is 0 Å². The topological polar surface area (TPSA) is 47.9 Å². The molecule has 0 heterocycles. The third kappa shape index (κ3) is 4.89. The maximum Gasteiger partial charge on any atom is 0.306 e. The summed E-state index contributed by atoms with van der Waals surface area (Å²) in [6, 6.07) is 5.21. The Hall–Kier alpha value is -1.26. The van der Waals surface area contributed by atoms with Crippen LogP contribution in [0.2, 0.25) is 10.0 Å². The minimum Gasteiger partial charge on any atom is -0.462 e. The Morgan fingerprint density at radius 3 is 2.59 bits per heavy atom. The summed E-state index contributed by atoms with van der Waals surface area (Å²) < 4.78 is 5.44. The lowest BCUT2D eigenvalue weighted by molar-refractivity contribution is -0.148. The van der Waals surface area contributed by atoms with Crippen LogP contribution >= 0.6 is 23.2 Å². The van der Waals surface area contributed by atoms with Gasteiger partial charge in [-0.2, -0.15) is 0 Å². The number of benzene rings is 1. The van der Waals surface area contributed by atoms with Gasteiger partial charge in [-0.1, -0.05) is 34.4 Å². The van der Waals surface area contributed by atoms with E-state index in [4.69, 9.17) is 32.8 Å².